The van der Waals surface area contributed by atoms with Crippen LogP contribution >= 0.6 is 39.0 Å². The average Bonchev–Trinajstić information content (AvgIpc) is 2.93. The number of rotatable bonds is 6. The van der Waals surface area contributed by atoms with Crippen molar-refractivity contribution in [1.29, 1.82) is 0 Å². The maximum absolute atomic E-state index is 13.9. The van der Waals surface area contributed by atoms with Crippen LogP contribution in [0, 0.1) is 25.5 Å². The van der Waals surface area contributed by atoms with E-state index in [0.717, 1.165) is 28.3 Å². The van der Waals surface area contributed by atoms with E-state index in [1.165, 1.54) is 15.9 Å². The van der Waals surface area contributed by atoms with Gasteiger partial charge in [0, 0.05) is 22.0 Å². The number of allylic oxidation sites excluding steroid dienone is 1. The molecule has 3 aromatic rings. The minimum Gasteiger partial charge on any atom is -0.322 e. The molecule has 0 fully saturated rings. The van der Waals surface area contributed by atoms with E-state index in [2.05, 4.69) is 32.8 Å². The van der Waals surface area contributed by atoms with Crippen LogP contribution < -0.4 is 10.9 Å². The molecule has 10 heteroatoms. The van der Waals surface area contributed by atoms with Crippen LogP contribution in [0.4, 0.5) is 14.5 Å². The Morgan fingerprint density at radius 2 is 2.14 bits per heavy atom. The number of fused-ring (bicyclic) bond motifs is 1. The van der Waals surface area contributed by atoms with E-state index in [4.69, 9.17) is 0 Å². The van der Waals surface area contributed by atoms with Crippen LogP contribution in [0.5, 0.6) is 0 Å². The number of thiophene rings is 1. The summed E-state index contributed by atoms with van der Waals surface area (Å²) in [5, 5.41) is 3.35. The van der Waals surface area contributed by atoms with E-state index in [0.29, 0.717) is 21.4 Å². The molecule has 0 spiro atoms. The molecule has 29 heavy (non-hydrogen) atoms. The van der Waals surface area contributed by atoms with Gasteiger partial charge in [0.2, 0.25) is 5.91 Å². The Balaban J connectivity index is 1.86. The molecule has 0 aliphatic rings. The number of carbonyl (C=O) groups excluding carboxylic acids is 1. The van der Waals surface area contributed by atoms with Gasteiger partial charge in [0.15, 0.2) is 11.0 Å². The summed E-state index contributed by atoms with van der Waals surface area (Å²) in [6.07, 6.45) is 1.58. The molecule has 0 aliphatic carbocycles. The first-order chi connectivity index (χ1) is 13.7. The Morgan fingerprint density at radius 1 is 1.41 bits per heavy atom. The summed E-state index contributed by atoms with van der Waals surface area (Å²) in [5.41, 5.74) is 0.562. The Kier molecular flexibility index (Phi) is 6.55. The minimum absolute atomic E-state index is 0.0981. The molecule has 0 unspecified atom stereocenters. The van der Waals surface area contributed by atoms with E-state index >= 15 is 0 Å². The fourth-order valence-corrected chi connectivity index (χ4v) is 5.06. The number of hydrogen-bond donors (Lipinski definition) is 1. The van der Waals surface area contributed by atoms with Crippen LogP contribution in [0.1, 0.15) is 10.4 Å². The van der Waals surface area contributed by atoms with Crippen molar-refractivity contribution in [2.45, 2.75) is 25.5 Å². The lowest BCUT2D eigenvalue weighted by molar-refractivity contribution is -0.113. The Hall–Kier alpha value is -2.04. The summed E-state index contributed by atoms with van der Waals surface area (Å²) in [4.78, 5) is 31.4. The summed E-state index contributed by atoms with van der Waals surface area (Å²) in [5.74, 6) is -2.27. The van der Waals surface area contributed by atoms with Gasteiger partial charge in [0.1, 0.15) is 10.6 Å². The van der Waals surface area contributed by atoms with Gasteiger partial charge >= 0.3 is 0 Å². The number of aromatic nitrogens is 2. The van der Waals surface area contributed by atoms with Crippen molar-refractivity contribution in [3.63, 3.8) is 0 Å². The number of aryl methyl sites for hydroxylation is 2. The largest absolute Gasteiger partial charge is 0.322 e. The number of amides is 1. The normalized spacial score (nSPS) is 11.1. The highest BCUT2D eigenvalue weighted by molar-refractivity contribution is 9.10. The maximum Gasteiger partial charge on any atom is 0.263 e. The van der Waals surface area contributed by atoms with Gasteiger partial charge in [-0.25, -0.2) is 13.8 Å². The van der Waals surface area contributed by atoms with Crippen molar-refractivity contribution in [1.82, 2.24) is 9.55 Å². The fourth-order valence-electron chi connectivity index (χ4n) is 2.68. The molecular formula is C19H16BrF2N3O2S2. The number of nitrogens with zero attached hydrogens (tertiary/aromatic N) is 2. The van der Waals surface area contributed by atoms with E-state index in [1.807, 2.05) is 13.8 Å². The molecule has 1 amide bonds. The second-order valence-electron chi connectivity index (χ2n) is 6.14. The first kappa shape index (κ1) is 21.7. The Labute approximate surface area is 182 Å². The summed E-state index contributed by atoms with van der Waals surface area (Å²) < 4.78 is 28.7. The molecule has 0 radical (unpaired) electrons. The van der Waals surface area contributed by atoms with E-state index in [-0.39, 0.29) is 28.0 Å². The number of thioether (sulfide) groups is 1. The zero-order chi connectivity index (χ0) is 21.3. The first-order valence-corrected chi connectivity index (χ1v) is 11.0. The molecule has 1 N–H and O–H groups in total. The van der Waals surface area contributed by atoms with Crippen LogP contribution in [-0.4, -0.2) is 21.2 Å². The number of carbonyl (C=O) groups is 1. The highest BCUT2D eigenvalue weighted by Gasteiger charge is 2.18. The number of nitrogens with one attached hydrogen (secondary N) is 1. The highest BCUT2D eigenvalue weighted by atomic mass is 79.9. The topological polar surface area (TPSA) is 64.0 Å². The molecule has 0 aliphatic heterocycles. The van der Waals surface area contributed by atoms with E-state index < -0.39 is 17.5 Å². The predicted octanol–water partition coefficient (Wildman–Crippen LogP) is 5.03. The molecule has 0 saturated heterocycles. The third-order valence-corrected chi connectivity index (χ3v) is 6.87. The summed E-state index contributed by atoms with van der Waals surface area (Å²) >= 11 is 5.51. The monoisotopic (exact) mass is 499 g/mol. The number of hydrogen-bond acceptors (Lipinski definition) is 5. The zero-order valence-corrected chi connectivity index (χ0v) is 18.7. The minimum atomic E-state index is -0.886. The Morgan fingerprint density at radius 3 is 2.79 bits per heavy atom. The lowest BCUT2D eigenvalue weighted by atomic mass is 10.2. The van der Waals surface area contributed by atoms with Gasteiger partial charge in [-0.05, 0) is 41.4 Å². The van der Waals surface area contributed by atoms with E-state index in [9.17, 15) is 18.4 Å². The van der Waals surface area contributed by atoms with Crippen molar-refractivity contribution in [2.24, 2.45) is 0 Å². The van der Waals surface area contributed by atoms with Crippen LogP contribution in [0.25, 0.3) is 10.2 Å². The molecule has 0 atom stereocenters. The van der Waals surface area contributed by atoms with E-state index in [1.54, 1.807) is 6.08 Å². The molecule has 5 nitrogen and oxygen atoms in total. The maximum atomic E-state index is 13.9. The van der Waals surface area contributed by atoms with Crippen LogP contribution in [-0.2, 0) is 11.3 Å². The van der Waals surface area contributed by atoms with Gasteiger partial charge in [0.25, 0.3) is 5.56 Å². The lowest BCUT2D eigenvalue weighted by Crippen LogP contribution is -2.23. The van der Waals surface area contributed by atoms with Gasteiger partial charge in [-0.15, -0.1) is 17.9 Å². The van der Waals surface area contributed by atoms with Gasteiger partial charge in [-0.2, -0.15) is 0 Å². The van der Waals surface area contributed by atoms with Gasteiger partial charge in [-0.1, -0.05) is 17.8 Å². The number of halogens is 3. The molecule has 152 valence electrons. The Bertz CT molecular complexity index is 1170. The lowest BCUT2D eigenvalue weighted by Gasteiger charge is -2.11. The summed E-state index contributed by atoms with van der Waals surface area (Å²) in [6, 6.07) is 1.75. The quantitative estimate of drug-likeness (QED) is 0.293. The number of anilines is 1. The molecular weight excluding hydrogens is 484 g/mol. The molecule has 0 bridgehead atoms. The third kappa shape index (κ3) is 4.44. The number of benzene rings is 1. The second-order valence-corrected chi connectivity index (χ2v) is 9.14. The van der Waals surface area contributed by atoms with Crippen molar-refractivity contribution in [3.05, 3.63) is 61.7 Å². The highest BCUT2D eigenvalue weighted by Crippen LogP contribution is 2.29. The van der Waals surface area contributed by atoms with Crippen molar-refractivity contribution < 1.29 is 13.6 Å². The molecule has 0 saturated carbocycles. The van der Waals surface area contributed by atoms with Crippen LogP contribution in [0.3, 0.4) is 0 Å². The SMILES string of the molecule is C=CCn1c(SCC(=O)Nc2c(F)cc(F)cc2Br)nc2sc(C)c(C)c2c1=O. The van der Waals surface area contributed by atoms with Crippen molar-refractivity contribution in [2.75, 3.05) is 11.1 Å². The van der Waals surface area contributed by atoms with Gasteiger partial charge in [-0.3, -0.25) is 14.2 Å². The predicted molar refractivity (Wildman–Crippen MR) is 117 cm³/mol. The van der Waals surface area contributed by atoms with Crippen molar-refractivity contribution in [3.8, 4) is 0 Å². The van der Waals surface area contributed by atoms with Crippen molar-refractivity contribution >= 4 is 60.8 Å². The molecule has 1 aromatic carbocycles. The molecule has 2 heterocycles. The first-order valence-electron chi connectivity index (χ1n) is 8.41. The average molecular weight is 500 g/mol. The zero-order valence-electron chi connectivity index (χ0n) is 15.5. The van der Waals surface area contributed by atoms with Crippen LogP contribution in [0.2, 0.25) is 0 Å². The third-order valence-electron chi connectivity index (χ3n) is 4.17. The van der Waals surface area contributed by atoms with Crippen LogP contribution in [0.15, 0.2) is 39.2 Å². The van der Waals surface area contributed by atoms with Gasteiger partial charge < -0.3 is 5.32 Å². The molecule has 3 rings (SSSR count). The standard InChI is InChI=1S/C19H16BrF2N3O2S2/c1-4-5-25-18(27)15-9(2)10(3)29-17(15)24-19(25)28-8-14(26)23-16-12(20)6-11(21)7-13(16)22/h4,6-7H,1,5,8H2,2-3H3,(H,23,26). The smallest absolute Gasteiger partial charge is 0.263 e. The fraction of sp³-hybridized carbons (Fsp3) is 0.211. The van der Waals surface area contributed by atoms with Gasteiger partial charge in [0.05, 0.1) is 16.8 Å². The summed E-state index contributed by atoms with van der Waals surface area (Å²) in [6.45, 7) is 7.73. The molecule has 2 aromatic heterocycles. The summed E-state index contributed by atoms with van der Waals surface area (Å²) in [7, 11) is 0. The second kappa shape index (κ2) is 8.76.